The second-order valence-corrected chi connectivity index (χ2v) is 7.88. The highest BCUT2D eigenvalue weighted by Gasteiger charge is 2.22. The zero-order valence-electron chi connectivity index (χ0n) is 15.6. The van der Waals surface area contributed by atoms with Crippen molar-refractivity contribution in [2.75, 3.05) is 25.0 Å². The van der Waals surface area contributed by atoms with E-state index in [9.17, 15) is 9.59 Å². The molecule has 1 aliphatic rings. The Morgan fingerprint density at radius 1 is 1.26 bits per heavy atom. The Labute approximate surface area is 164 Å². The minimum atomic E-state index is -0.0165. The minimum Gasteiger partial charge on any atom is -0.375 e. The lowest BCUT2D eigenvalue weighted by molar-refractivity contribution is -0.116. The van der Waals surface area contributed by atoms with Gasteiger partial charge in [-0.1, -0.05) is 12.1 Å². The Kier molecular flexibility index (Phi) is 7.01. The number of aryl methyl sites for hydroxylation is 1. The average Bonchev–Trinajstić information content (AvgIpc) is 3.18. The van der Waals surface area contributed by atoms with Crippen LogP contribution in [0.5, 0.6) is 0 Å². The molecule has 1 atom stereocenters. The number of benzene rings is 1. The zero-order valence-corrected chi connectivity index (χ0v) is 16.5. The van der Waals surface area contributed by atoms with E-state index in [0.717, 1.165) is 19.3 Å². The van der Waals surface area contributed by atoms with Crippen molar-refractivity contribution in [2.24, 2.45) is 0 Å². The number of hydrogen-bond donors (Lipinski definition) is 1. The molecule has 5 nitrogen and oxygen atoms in total. The third-order valence-electron chi connectivity index (χ3n) is 4.58. The molecule has 1 N–H and O–H groups in total. The normalized spacial score (nSPS) is 16.9. The van der Waals surface area contributed by atoms with E-state index in [0.29, 0.717) is 37.4 Å². The van der Waals surface area contributed by atoms with Crippen LogP contribution in [-0.2, 0) is 16.0 Å². The first-order valence-electron chi connectivity index (χ1n) is 9.45. The second kappa shape index (κ2) is 9.67. The Hall–Kier alpha value is -2.18. The number of unbranched alkanes of at least 4 members (excludes halogenated alkanes) is 1. The molecule has 2 heterocycles. The van der Waals surface area contributed by atoms with Crippen molar-refractivity contribution >= 4 is 28.8 Å². The van der Waals surface area contributed by atoms with Gasteiger partial charge in [-0.25, -0.2) is 0 Å². The lowest BCUT2D eigenvalue weighted by atomic mass is 10.1. The van der Waals surface area contributed by atoms with E-state index in [2.05, 4.69) is 22.8 Å². The van der Waals surface area contributed by atoms with Crippen LogP contribution in [0.1, 0.15) is 41.4 Å². The van der Waals surface area contributed by atoms with E-state index < -0.39 is 0 Å². The maximum atomic E-state index is 12.7. The highest BCUT2D eigenvalue weighted by atomic mass is 32.1. The van der Waals surface area contributed by atoms with E-state index in [1.807, 2.05) is 19.1 Å². The summed E-state index contributed by atoms with van der Waals surface area (Å²) in [4.78, 5) is 28.0. The van der Waals surface area contributed by atoms with Crippen LogP contribution >= 0.6 is 11.3 Å². The first-order chi connectivity index (χ1) is 13.1. The summed E-state index contributed by atoms with van der Waals surface area (Å²) < 4.78 is 5.49. The highest BCUT2D eigenvalue weighted by Crippen LogP contribution is 2.16. The lowest BCUT2D eigenvalue weighted by Crippen LogP contribution is -2.44. The van der Waals surface area contributed by atoms with Gasteiger partial charge in [-0.3, -0.25) is 9.59 Å². The molecule has 6 heteroatoms. The number of carbonyl (C=O) groups excluding carboxylic acids is 2. The van der Waals surface area contributed by atoms with Crippen molar-refractivity contribution in [3.63, 3.8) is 0 Å². The van der Waals surface area contributed by atoms with Gasteiger partial charge >= 0.3 is 0 Å². The van der Waals surface area contributed by atoms with Gasteiger partial charge in [0.05, 0.1) is 12.7 Å². The fraction of sp³-hybridized carbons (Fsp3) is 0.429. The van der Waals surface area contributed by atoms with Crippen LogP contribution in [-0.4, -0.2) is 42.5 Å². The number of anilines is 1. The number of carbonyl (C=O) groups is 2. The predicted molar refractivity (Wildman–Crippen MR) is 108 cm³/mol. The van der Waals surface area contributed by atoms with Gasteiger partial charge in [0.1, 0.15) is 0 Å². The fourth-order valence-electron chi connectivity index (χ4n) is 3.18. The monoisotopic (exact) mass is 386 g/mol. The predicted octanol–water partition coefficient (Wildman–Crippen LogP) is 3.96. The molecule has 1 aliphatic heterocycles. The lowest BCUT2D eigenvalue weighted by Gasteiger charge is -2.31. The van der Waals surface area contributed by atoms with Gasteiger partial charge < -0.3 is 15.0 Å². The molecule has 1 unspecified atom stereocenters. The molecule has 2 aromatic rings. The summed E-state index contributed by atoms with van der Waals surface area (Å²) in [5.74, 6) is -0.0250. The minimum absolute atomic E-state index is 0.00854. The van der Waals surface area contributed by atoms with E-state index in [1.54, 1.807) is 28.4 Å². The Morgan fingerprint density at radius 3 is 2.93 bits per heavy atom. The number of morpholine rings is 1. The van der Waals surface area contributed by atoms with E-state index >= 15 is 0 Å². The van der Waals surface area contributed by atoms with Gasteiger partial charge in [-0.15, -0.1) is 11.3 Å². The van der Waals surface area contributed by atoms with E-state index in [-0.39, 0.29) is 17.9 Å². The topological polar surface area (TPSA) is 58.6 Å². The van der Waals surface area contributed by atoms with Gasteiger partial charge in [0, 0.05) is 35.6 Å². The number of nitrogens with one attached hydrogen (secondary N) is 1. The van der Waals surface area contributed by atoms with Gasteiger partial charge in [0.2, 0.25) is 5.91 Å². The molecular formula is C21H26N2O3S. The Morgan fingerprint density at radius 2 is 2.15 bits per heavy atom. The molecule has 3 rings (SSSR count). The number of ether oxygens (including phenoxy) is 1. The molecule has 0 bridgehead atoms. The fourth-order valence-corrected chi connectivity index (χ4v) is 3.93. The molecule has 1 fully saturated rings. The van der Waals surface area contributed by atoms with Gasteiger partial charge in [-0.2, -0.15) is 0 Å². The van der Waals surface area contributed by atoms with Crippen molar-refractivity contribution in [3.05, 3.63) is 52.2 Å². The zero-order chi connectivity index (χ0) is 19.1. The summed E-state index contributed by atoms with van der Waals surface area (Å²) in [6.45, 7) is 3.73. The molecule has 0 aliphatic carbocycles. The van der Waals surface area contributed by atoms with Gasteiger partial charge in [0.15, 0.2) is 0 Å². The third kappa shape index (κ3) is 5.91. The molecule has 0 radical (unpaired) electrons. The molecule has 144 valence electrons. The molecule has 27 heavy (non-hydrogen) atoms. The maximum absolute atomic E-state index is 12.7. The quantitative estimate of drug-likeness (QED) is 0.733. The van der Waals surface area contributed by atoms with Gasteiger partial charge in [-0.05, 0) is 55.8 Å². The van der Waals surface area contributed by atoms with Crippen LogP contribution in [0.25, 0.3) is 0 Å². The van der Waals surface area contributed by atoms with Crippen molar-refractivity contribution in [1.82, 2.24) is 4.90 Å². The first-order valence-corrected chi connectivity index (χ1v) is 10.3. The Balaban J connectivity index is 1.47. The van der Waals surface area contributed by atoms with Crippen molar-refractivity contribution < 1.29 is 14.3 Å². The van der Waals surface area contributed by atoms with Crippen molar-refractivity contribution in [1.29, 1.82) is 0 Å². The van der Waals surface area contributed by atoms with Gasteiger partial charge in [0.25, 0.3) is 5.91 Å². The number of rotatable bonds is 7. The summed E-state index contributed by atoms with van der Waals surface area (Å²) in [6, 6.07) is 11.4. The molecule has 2 amide bonds. The average molecular weight is 387 g/mol. The number of amides is 2. The highest BCUT2D eigenvalue weighted by molar-refractivity contribution is 7.09. The summed E-state index contributed by atoms with van der Waals surface area (Å²) in [6.07, 6.45) is 3.42. The van der Waals surface area contributed by atoms with Crippen LogP contribution in [0, 0.1) is 0 Å². The second-order valence-electron chi connectivity index (χ2n) is 6.85. The van der Waals surface area contributed by atoms with Crippen LogP contribution < -0.4 is 5.32 Å². The number of nitrogens with zero attached hydrogens (tertiary/aromatic N) is 1. The summed E-state index contributed by atoms with van der Waals surface area (Å²) in [5.41, 5.74) is 1.27. The van der Waals surface area contributed by atoms with Crippen LogP contribution in [0.4, 0.5) is 5.69 Å². The van der Waals surface area contributed by atoms with Crippen molar-refractivity contribution in [3.8, 4) is 0 Å². The first kappa shape index (κ1) is 19.6. The molecule has 1 aromatic carbocycles. The number of hydrogen-bond acceptors (Lipinski definition) is 4. The van der Waals surface area contributed by atoms with E-state index in [4.69, 9.17) is 4.74 Å². The molecule has 0 saturated carbocycles. The molecular weight excluding hydrogens is 360 g/mol. The maximum Gasteiger partial charge on any atom is 0.254 e. The SMILES string of the molecule is CC1CN(C(=O)c2cccc(NC(=O)CCCCc3cccs3)c2)CCO1. The summed E-state index contributed by atoms with van der Waals surface area (Å²) in [7, 11) is 0. The molecule has 0 spiro atoms. The number of thiophene rings is 1. The van der Waals surface area contributed by atoms with Crippen LogP contribution in [0.3, 0.4) is 0 Å². The Bertz CT molecular complexity index is 761. The molecule has 1 aromatic heterocycles. The smallest absolute Gasteiger partial charge is 0.254 e. The van der Waals surface area contributed by atoms with Crippen molar-refractivity contribution in [2.45, 2.75) is 38.7 Å². The third-order valence-corrected chi connectivity index (χ3v) is 5.51. The van der Waals surface area contributed by atoms with Crippen LogP contribution in [0.15, 0.2) is 41.8 Å². The van der Waals surface area contributed by atoms with E-state index in [1.165, 1.54) is 4.88 Å². The summed E-state index contributed by atoms with van der Waals surface area (Å²) >= 11 is 1.76. The van der Waals surface area contributed by atoms with Crippen LogP contribution in [0.2, 0.25) is 0 Å². The largest absolute Gasteiger partial charge is 0.375 e. The molecule has 1 saturated heterocycles. The standard InChI is InChI=1S/C21H26N2O3S/c1-16-15-23(11-12-26-16)21(25)17-6-4-7-18(14-17)22-20(24)10-3-2-8-19-9-5-13-27-19/h4-7,9,13-14,16H,2-3,8,10-12,15H2,1H3,(H,22,24). The summed E-state index contributed by atoms with van der Waals surface area (Å²) in [5, 5.41) is 4.99.